The number of aromatic nitrogens is 3. The highest BCUT2D eigenvalue weighted by Crippen LogP contribution is 2.15. The summed E-state index contributed by atoms with van der Waals surface area (Å²) in [5.74, 6) is 1.12. The van der Waals surface area contributed by atoms with Crippen LogP contribution in [-0.4, -0.2) is 15.2 Å². The second kappa shape index (κ2) is 10.1. The number of thiazole rings is 1. The Morgan fingerprint density at radius 3 is 1.78 bits per heavy atom. The molecule has 102 valence electrons. The molecule has 0 bridgehead atoms. The summed E-state index contributed by atoms with van der Waals surface area (Å²) in [5.41, 5.74) is 1.76. The lowest BCUT2D eigenvalue weighted by atomic mass is 10.2. The molecular formula is C13H23N3S2. The third-order valence-electron chi connectivity index (χ3n) is 1.82. The number of rotatable bonds is 2. The molecule has 0 unspecified atom stereocenters. The van der Waals surface area contributed by atoms with Crippen molar-refractivity contribution < 1.29 is 0 Å². The van der Waals surface area contributed by atoms with Crippen LogP contribution in [0.25, 0.3) is 0 Å². The van der Waals surface area contributed by atoms with Crippen LogP contribution in [-0.2, 0) is 0 Å². The maximum Gasteiger partial charge on any atom is 0.119 e. The Bertz CT molecular complexity index is 329. The van der Waals surface area contributed by atoms with Crippen LogP contribution in [0.3, 0.4) is 0 Å². The van der Waals surface area contributed by atoms with E-state index in [0.29, 0.717) is 11.8 Å². The number of hydrogen-bond acceptors (Lipinski definition) is 5. The second-order valence-corrected chi connectivity index (χ2v) is 5.75. The summed E-state index contributed by atoms with van der Waals surface area (Å²) in [4.78, 5) is 4.13. The highest BCUT2D eigenvalue weighted by atomic mass is 32.1. The molecule has 18 heavy (non-hydrogen) atoms. The van der Waals surface area contributed by atoms with Gasteiger partial charge in [-0.3, -0.25) is 0 Å². The molecule has 0 radical (unpaired) electrons. The van der Waals surface area contributed by atoms with Crippen LogP contribution in [0, 0.1) is 0 Å². The van der Waals surface area contributed by atoms with Crippen LogP contribution in [0.5, 0.6) is 0 Å². The number of nitrogens with zero attached hydrogens (tertiary/aromatic N) is 3. The van der Waals surface area contributed by atoms with Crippen LogP contribution < -0.4 is 0 Å². The molecule has 2 rings (SSSR count). The summed E-state index contributed by atoms with van der Waals surface area (Å²) in [7, 11) is 0. The first-order valence-electron chi connectivity index (χ1n) is 6.26. The third-order valence-corrected chi connectivity index (χ3v) is 3.89. The van der Waals surface area contributed by atoms with Crippen LogP contribution in [0.15, 0.2) is 17.1 Å². The van der Waals surface area contributed by atoms with Gasteiger partial charge in [0.1, 0.15) is 10.5 Å². The van der Waals surface area contributed by atoms with Gasteiger partial charge < -0.3 is 0 Å². The summed E-state index contributed by atoms with van der Waals surface area (Å²) in [6.45, 7) is 12.5. The molecule has 2 heterocycles. The normalized spacial score (nSPS) is 9.56. The molecule has 0 amide bonds. The van der Waals surface area contributed by atoms with Crippen LogP contribution in [0.4, 0.5) is 0 Å². The summed E-state index contributed by atoms with van der Waals surface area (Å²) in [5, 5.41) is 11.9. The van der Waals surface area contributed by atoms with E-state index in [9.17, 15) is 0 Å². The molecule has 0 aliphatic heterocycles. The minimum Gasteiger partial charge on any atom is -0.249 e. The van der Waals surface area contributed by atoms with Gasteiger partial charge >= 0.3 is 0 Å². The topological polar surface area (TPSA) is 38.7 Å². The predicted octanol–water partition coefficient (Wildman–Crippen LogP) is 4.95. The van der Waals surface area contributed by atoms with Crippen molar-refractivity contribution in [3.8, 4) is 0 Å². The maximum atomic E-state index is 4.13. The average Bonchev–Trinajstić information content (AvgIpc) is 3.06. The lowest BCUT2D eigenvalue weighted by molar-refractivity contribution is 0.825. The standard InChI is InChI=1S/C6H9NS.C5H8N2S.C2H6/c1-5(2)6-7-3-4-8-6;1-4(2)5-7-6-3-8-5;1-2/h3-5H,1-2H3;3-4H,1-2H3;1-2H3. The van der Waals surface area contributed by atoms with E-state index in [4.69, 9.17) is 0 Å². The van der Waals surface area contributed by atoms with Crippen molar-refractivity contribution in [2.45, 2.75) is 53.4 Å². The van der Waals surface area contributed by atoms with Gasteiger partial charge in [-0.1, -0.05) is 41.5 Å². The lowest BCUT2D eigenvalue weighted by Gasteiger charge is -1.93. The summed E-state index contributed by atoms with van der Waals surface area (Å²) in [6.07, 6.45) is 1.85. The van der Waals surface area contributed by atoms with Gasteiger partial charge in [-0.25, -0.2) is 4.98 Å². The van der Waals surface area contributed by atoms with Gasteiger partial charge in [-0.2, -0.15) is 0 Å². The van der Waals surface area contributed by atoms with Crippen molar-refractivity contribution in [1.82, 2.24) is 15.2 Å². The third kappa shape index (κ3) is 6.81. The fraction of sp³-hybridized carbons (Fsp3) is 0.615. The summed E-state index contributed by atoms with van der Waals surface area (Å²) in [6, 6.07) is 0. The van der Waals surface area contributed by atoms with Crippen molar-refractivity contribution in [2.75, 3.05) is 0 Å². The first kappa shape index (κ1) is 17.2. The van der Waals surface area contributed by atoms with Gasteiger partial charge in [0.25, 0.3) is 0 Å². The first-order valence-corrected chi connectivity index (χ1v) is 8.02. The Kier molecular flexibility index (Phi) is 9.69. The fourth-order valence-electron chi connectivity index (χ4n) is 0.953. The zero-order valence-corrected chi connectivity index (χ0v) is 13.7. The van der Waals surface area contributed by atoms with E-state index in [2.05, 4.69) is 42.9 Å². The zero-order valence-electron chi connectivity index (χ0n) is 12.0. The molecule has 0 N–H and O–H groups in total. The van der Waals surface area contributed by atoms with E-state index in [1.54, 1.807) is 28.2 Å². The minimum absolute atomic E-state index is 0.530. The van der Waals surface area contributed by atoms with Crippen molar-refractivity contribution in [3.63, 3.8) is 0 Å². The summed E-state index contributed by atoms with van der Waals surface area (Å²) >= 11 is 3.33. The van der Waals surface area contributed by atoms with Gasteiger partial charge in [0.05, 0.1) is 5.01 Å². The average molecular weight is 285 g/mol. The van der Waals surface area contributed by atoms with Crippen molar-refractivity contribution in [1.29, 1.82) is 0 Å². The van der Waals surface area contributed by atoms with Gasteiger partial charge in [0.15, 0.2) is 0 Å². The van der Waals surface area contributed by atoms with Crippen molar-refractivity contribution in [2.24, 2.45) is 0 Å². The van der Waals surface area contributed by atoms with E-state index < -0.39 is 0 Å². The quantitative estimate of drug-likeness (QED) is 0.783. The number of hydrogen-bond donors (Lipinski definition) is 0. The fourth-order valence-corrected chi connectivity index (χ4v) is 2.18. The zero-order chi connectivity index (χ0) is 14.0. The highest BCUT2D eigenvalue weighted by Gasteiger charge is 1.99. The Morgan fingerprint density at radius 2 is 1.56 bits per heavy atom. The molecule has 0 aliphatic carbocycles. The Hall–Kier alpha value is -0.810. The largest absolute Gasteiger partial charge is 0.249 e. The van der Waals surface area contributed by atoms with Gasteiger partial charge in [-0.05, 0) is 0 Å². The van der Waals surface area contributed by atoms with Gasteiger partial charge in [0, 0.05) is 23.4 Å². The molecule has 2 aromatic rings. The van der Waals surface area contributed by atoms with Crippen LogP contribution in [0.1, 0.15) is 63.4 Å². The molecular weight excluding hydrogens is 262 g/mol. The Balaban J connectivity index is 0.000000283. The van der Waals surface area contributed by atoms with E-state index in [1.165, 1.54) is 5.01 Å². The molecule has 2 aromatic heterocycles. The molecule has 0 atom stereocenters. The van der Waals surface area contributed by atoms with Crippen molar-refractivity contribution in [3.05, 3.63) is 27.1 Å². The SMILES string of the molecule is CC.CC(C)c1nccs1.CC(C)c1nncs1. The highest BCUT2D eigenvalue weighted by molar-refractivity contribution is 7.09. The van der Waals surface area contributed by atoms with E-state index in [-0.39, 0.29) is 0 Å². The van der Waals surface area contributed by atoms with E-state index >= 15 is 0 Å². The molecule has 0 spiro atoms. The predicted molar refractivity (Wildman–Crippen MR) is 81.5 cm³/mol. The molecule has 3 nitrogen and oxygen atoms in total. The van der Waals surface area contributed by atoms with Crippen LogP contribution >= 0.6 is 22.7 Å². The second-order valence-electron chi connectivity index (χ2n) is 3.96. The first-order chi connectivity index (χ1) is 8.61. The summed E-state index contributed by atoms with van der Waals surface area (Å²) < 4.78 is 0. The molecule has 0 fully saturated rings. The maximum absolute atomic E-state index is 4.13. The molecule has 0 aliphatic rings. The molecule has 0 saturated heterocycles. The van der Waals surface area contributed by atoms with Crippen molar-refractivity contribution >= 4 is 22.7 Å². The molecule has 0 aromatic carbocycles. The monoisotopic (exact) mass is 285 g/mol. The Morgan fingerprint density at radius 1 is 0.944 bits per heavy atom. The van der Waals surface area contributed by atoms with Crippen LogP contribution in [0.2, 0.25) is 0 Å². The van der Waals surface area contributed by atoms with Gasteiger partial charge in [-0.15, -0.1) is 32.9 Å². The minimum atomic E-state index is 0.530. The van der Waals surface area contributed by atoms with Gasteiger partial charge in [0.2, 0.25) is 0 Å². The Labute approximate surface area is 118 Å². The smallest absolute Gasteiger partial charge is 0.119 e. The van der Waals surface area contributed by atoms with E-state index in [1.807, 2.05) is 25.4 Å². The molecule has 0 saturated carbocycles. The lowest BCUT2D eigenvalue weighted by Crippen LogP contribution is -1.83. The van der Waals surface area contributed by atoms with E-state index in [0.717, 1.165) is 5.01 Å². The molecule has 5 heteroatoms.